The molecule has 2 aliphatic heterocycles. The van der Waals surface area contributed by atoms with Gasteiger partial charge in [-0.2, -0.15) is 0 Å². The van der Waals surface area contributed by atoms with Gasteiger partial charge in [0, 0.05) is 25.4 Å². The van der Waals surface area contributed by atoms with E-state index in [4.69, 9.17) is 4.74 Å². The summed E-state index contributed by atoms with van der Waals surface area (Å²) in [4.78, 5) is 15.8. The first-order chi connectivity index (χ1) is 15.2. The molecule has 3 aromatic carbocycles. The molecular formula is C25H26N4O2. The molecule has 1 atom stereocenters. The van der Waals surface area contributed by atoms with Gasteiger partial charge in [0.1, 0.15) is 0 Å². The number of fused-ring (bicyclic) bond motifs is 2. The Balaban J connectivity index is 1.47. The summed E-state index contributed by atoms with van der Waals surface area (Å²) >= 11 is 0. The van der Waals surface area contributed by atoms with Crippen molar-refractivity contribution in [2.75, 3.05) is 20.3 Å². The molecular weight excluding hydrogens is 388 g/mol. The predicted octanol–water partition coefficient (Wildman–Crippen LogP) is 3.22. The average Bonchev–Trinajstić information content (AvgIpc) is 3.25. The number of methoxy groups -OCH3 is 1. The van der Waals surface area contributed by atoms with Crippen molar-refractivity contribution in [2.45, 2.75) is 19.0 Å². The summed E-state index contributed by atoms with van der Waals surface area (Å²) in [5.41, 5.74) is 10.5. The molecule has 0 saturated carbocycles. The Morgan fingerprint density at radius 3 is 2.68 bits per heavy atom. The van der Waals surface area contributed by atoms with Crippen molar-refractivity contribution >= 4 is 16.7 Å². The first-order valence-electron chi connectivity index (χ1n) is 10.6. The van der Waals surface area contributed by atoms with Crippen LogP contribution in [0.15, 0.2) is 78.6 Å². The van der Waals surface area contributed by atoms with Gasteiger partial charge in [0.05, 0.1) is 24.9 Å². The van der Waals surface area contributed by atoms with Crippen LogP contribution >= 0.6 is 0 Å². The highest BCUT2D eigenvalue weighted by atomic mass is 16.5. The van der Waals surface area contributed by atoms with Gasteiger partial charge in [-0.1, -0.05) is 60.7 Å². The van der Waals surface area contributed by atoms with Crippen LogP contribution in [0.1, 0.15) is 21.5 Å². The molecule has 5 rings (SSSR count). The molecule has 0 bridgehead atoms. The predicted molar refractivity (Wildman–Crippen MR) is 121 cm³/mol. The van der Waals surface area contributed by atoms with Gasteiger partial charge in [-0.25, -0.2) is 0 Å². The molecule has 2 heterocycles. The van der Waals surface area contributed by atoms with E-state index in [1.54, 1.807) is 7.11 Å². The second-order valence-corrected chi connectivity index (χ2v) is 8.06. The van der Waals surface area contributed by atoms with Gasteiger partial charge in [-0.05, 0) is 34.4 Å². The van der Waals surface area contributed by atoms with Crippen LogP contribution in [0.4, 0.5) is 0 Å². The molecule has 0 aliphatic carbocycles. The van der Waals surface area contributed by atoms with Crippen LogP contribution in [0.2, 0.25) is 0 Å². The third-order valence-corrected chi connectivity index (χ3v) is 6.02. The molecule has 0 spiro atoms. The van der Waals surface area contributed by atoms with Gasteiger partial charge in [0.15, 0.2) is 0 Å². The Bertz CT molecular complexity index is 1140. The molecule has 6 nitrogen and oxygen atoms in total. The Kier molecular flexibility index (Phi) is 5.32. The third-order valence-electron chi connectivity index (χ3n) is 6.02. The van der Waals surface area contributed by atoms with Gasteiger partial charge in [0.25, 0.3) is 5.91 Å². The van der Waals surface area contributed by atoms with E-state index in [0.717, 1.165) is 28.5 Å². The molecule has 0 radical (unpaired) electrons. The molecule has 158 valence electrons. The highest BCUT2D eigenvalue weighted by Gasteiger charge is 2.32. The fraction of sp³-hybridized carbons (Fsp3) is 0.240. The molecule has 0 fully saturated rings. The fourth-order valence-corrected chi connectivity index (χ4v) is 4.51. The van der Waals surface area contributed by atoms with Crippen molar-refractivity contribution < 1.29 is 9.53 Å². The maximum absolute atomic E-state index is 13.8. The number of hydrogen-bond donors (Lipinski definition) is 2. The zero-order valence-corrected chi connectivity index (χ0v) is 17.5. The van der Waals surface area contributed by atoms with Crippen molar-refractivity contribution in [3.05, 3.63) is 95.3 Å². The third kappa shape index (κ3) is 3.87. The summed E-state index contributed by atoms with van der Waals surface area (Å²) in [5, 5.41) is 4.08. The largest absolute Gasteiger partial charge is 0.378 e. The van der Waals surface area contributed by atoms with Gasteiger partial charge >= 0.3 is 0 Å². The molecule has 6 heteroatoms. The monoisotopic (exact) mass is 414 g/mol. The Morgan fingerprint density at radius 1 is 1.03 bits per heavy atom. The minimum Gasteiger partial charge on any atom is -0.378 e. The van der Waals surface area contributed by atoms with Crippen molar-refractivity contribution in [3.8, 4) is 0 Å². The highest BCUT2D eigenvalue weighted by molar-refractivity contribution is 6.07. The number of nitrogens with one attached hydrogen (secondary N) is 2. The van der Waals surface area contributed by atoms with Crippen molar-refractivity contribution in [3.63, 3.8) is 0 Å². The van der Waals surface area contributed by atoms with Crippen LogP contribution in [-0.4, -0.2) is 42.1 Å². The molecule has 3 aromatic rings. The Labute approximate surface area is 182 Å². The van der Waals surface area contributed by atoms with E-state index in [0.29, 0.717) is 19.7 Å². The number of hydrogen-bond acceptors (Lipinski definition) is 5. The number of hydrazine groups is 2. The fourth-order valence-electron chi connectivity index (χ4n) is 4.51. The minimum absolute atomic E-state index is 0.0359. The summed E-state index contributed by atoms with van der Waals surface area (Å²) < 4.78 is 5.21. The second kappa shape index (κ2) is 8.41. The Morgan fingerprint density at radius 2 is 1.81 bits per heavy atom. The lowest BCUT2D eigenvalue weighted by atomic mass is 9.92. The number of amides is 1. The SMILES string of the molecule is COCC1=CN(C[C@@H]2Cc3ccccc3CN2C(=O)c2cccc3ccccc23)NN1. The minimum atomic E-state index is 0.0359. The van der Waals surface area contributed by atoms with E-state index in [9.17, 15) is 4.79 Å². The van der Waals surface area contributed by atoms with E-state index >= 15 is 0 Å². The van der Waals surface area contributed by atoms with Crippen molar-refractivity contribution in [1.82, 2.24) is 20.9 Å². The summed E-state index contributed by atoms with van der Waals surface area (Å²) in [6.45, 7) is 1.79. The lowest BCUT2D eigenvalue weighted by Crippen LogP contribution is -2.51. The average molecular weight is 415 g/mol. The van der Waals surface area contributed by atoms with Crippen LogP contribution in [-0.2, 0) is 17.7 Å². The highest BCUT2D eigenvalue weighted by Crippen LogP contribution is 2.28. The summed E-state index contributed by atoms with van der Waals surface area (Å²) in [6.07, 6.45) is 2.82. The normalized spacial score (nSPS) is 18.0. The van der Waals surface area contributed by atoms with Gasteiger partial charge in [0.2, 0.25) is 0 Å². The summed E-state index contributed by atoms with van der Waals surface area (Å²) in [7, 11) is 1.67. The number of benzene rings is 3. The van der Waals surface area contributed by atoms with Crippen LogP contribution < -0.4 is 11.0 Å². The smallest absolute Gasteiger partial charge is 0.255 e. The maximum Gasteiger partial charge on any atom is 0.255 e. The van der Waals surface area contributed by atoms with Crippen LogP contribution in [0.25, 0.3) is 10.8 Å². The quantitative estimate of drug-likeness (QED) is 0.672. The van der Waals surface area contributed by atoms with Crippen molar-refractivity contribution in [2.24, 2.45) is 0 Å². The zero-order chi connectivity index (χ0) is 21.2. The van der Waals surface area contributed by atoms with Gasteiger partial charge in [-0.3, -0.25) is 9.80 Å². The zero-order valence-electron chi connectivity index (χ0n) is 17.5. The summed E-state index contributed by atoms with van der Waals surface area (Å²) in [6, 6.07) is 22.5. The maximum atomic E-state index is 13.8. The topological polar surface area (TPSA) is 56.8 Å². The molecule has 2 aliphatic rings. The molecule has 2 N–H and O–H groups in total. The molecule has 1 amide bonds. The Hall–Kier alpha value is -3.35. The van der Waals surface area contributed by atoms with Crippen molar-refractivity contribution in [1.29, 1.82) is 0 Å². The van der Waals surface area contributed by atoms with E-state index in [-0.39, 0.29) is 11.9 Å². The van der Waals surface area contributed by atoms with Crippen LogP contribution in [0.5, 0.6) is 0 Å². The molecule has 31 heavy (non-hydrogen) atoms. The van der Waals surface area contributed by atoms with Gasteiger partial charge < -0.3 is 15.1 Å². The van der Waals surface area contributed by atoms with Gasteiger partial charge in [-0.15, -0.1) is 5.53 Å². The molecule has 0 unspecified atom stereocenters. The first kappa shape index (κ1) is 19.6. The number of ether oxygens (including phenoxy) is 1. The lowest BCUT2D eigenvalue weighted by molar-refractivity contribution is 0.0583. The lowest BCUT2D eigenvalue weighted by Gasteiger charge is -2.39. The first-order valence-corrected chi connectivity index (χ1v) is 10.6. The van der Waals surface area contributed by atoms with E-state index < -0.39 is 0 Å². The number of carbonyl (C=O) groups excluding carboxylic acids is 1. The molecule has 0 saturated heterocycles. The second-order valence-electron chi connectivity index (χ2n) is 8.06. The summed E-state index contributed by atoms with van der Waals surface area (Å²) in [5.74, 6) is 0.0737. The standard InChI is InChI=1S/C25H26N4O2/c1-31-17-21-15-28(27-26-21)16-22-13-19-8-2-3-9-20(19)14-29(22)25(30)24-12-6-10-18-7-4-5-11-23(18)24/h2-12,15,22,26-27H,13-14,16-17H2,1H3/t22-/m0/s1. The number of carbonyl (C=O) groups is 1. The number of rotatable bonds is 5. The van der Waals surface area contributed by atoms with Crippen LogP contribution in [0.3, 0.4) is 0 Å². The molecule has 0 aromatic heterocycles. The van der Waals surface area contributed by atoms with Crippen LogP contribution in [0, 0.1) is 0 Å². The van der Waals surface area contributed by atoms with E-state index in [2.05, 4.69) is 41.3 Å². The van der Waals surface area contributed by atoms with E-state index in [1.165, 1.54) is 11.1 Å². The van der Waals surface area contributed by atoms with E-state index in [1.807, 2.05) is 52.5 Å². The number of nitrogens with zero attached hydrogens (tertiary/aromatic N) is 2.